The number of carbonyl (C=O) groups is 1. The summed E-state index contributed by atoms with van der Waals surface area (Å²) in [5.41, 5.74) is 1.41. The standard InChI is InChI=1S/C26H30N2O5/c1-5-15-32-20-12-11-17(16-21(20)31-4)23-22-24(29)18-9-6-7-10-19(18)33-25(22)26(30)28(23)14-8-13-27(2)3/h6-7,9-12,16,23H,5,8,13-15H2,1-4H3/t23-/m0/s1. The van der Waals surface area contributed by atoms with Gasteiger partial charge in [-0.3, -0.25) is 9.59 Å². The molecule has 0 N–H and O–H groups in total. The summed E-state index contributed by atoms with van der Waals surface area (Å²) in [5.74, 6) is 1.07. The molecule has 174 valence electrons. The van der Waals surface area contributed by atoms with Crippen LogP contribution in [0.4, 0.5) is 0 Å². The highest BCUT2D eigenvalue weighted by Crippen LogP contribution is 2.41. The Morgan fingerprint density at radius 1 is 1.09 bits per heavy atom. The van der Waals surface area contributed by atoms with Crippen molar-refractivity contribution in [1.29, 1.82) is 0 Å². The van der Waals surface area contributed by atoms with Crippen molar-refractivity contribution in [1.82, 2.24) is 9.80 Å². The van der Waals surface area contributed by atoms with E-state index in [-0.39, 0.29) is 17.1 Å². The monoisotopic (exact) mass is 450 g/mol. The Kier molecular flexibility index (Phi) is 6.70. The number of rotatable bonds is 9. The molecule has 0 fully saturated rings. The lowest BCUT2D eigenvalue weighted by Gasteiger charge is -2.26. The minimum Gasteiger partial charge on any atom is -0.493 e. The van der Waals surface area contributed by atoms with E-state index in [9.17, 15) is 9.59 Å². The first-order valence-corrected chi connectivity index (χ1v) is 11.3. The smallest absolute Gasteiger partial charge is 0.290 e. The van der Waals surface area contributed by atoms with E-state index in [0.717, 1.165) is 24.9 Å². The molecule has 1 aromatic heterocycles. The van der Waals surface area contributed by atoms with Crippen LogP contribution in [0, 0.1) is 0 Å². The first-order valence-electron chi connectivity index (χ1n) is 11.3. The number of amides is 1. The van der Waals surface area contributed by atoms with Gasteiger partial charge in [-0.05, 0) is 63.3 Å². The van der Waals surface area contributed by atoms with Gasteiger partial charge >= 0.3 is 0 Å². The zero-order valence-corrected chi connectivity index (χ0v) is 19.6. The van der Waals surface area contributed by atoms with Crippen LogP contribution in [0.25, 0.3) is 11.0 Å². The molecule has 0 bridgehead atoms. The first-order chi connectivity index (χ1) is 16.0. The topological polar surface area (TPSA) is 72.2 Å². The van der Waals surface area contributed by atoms with Gasteiger partial charge in [0, 0.05) is 6.54 Å². The van der Waals surface area contributed by atoms with Crippen LogP contribution in [-0.2, 0) is 0 Å². The predicted molar refractivity (Wildman–Crippen MR) is 127 cm³/mol. The number of methoxy groups -OCH3 is 1. The normalized spacial score (nSPS) is 15.4. The number of ether oxygens (including phenoxy) is 2. The van der Waals surface area contributed by atoms with Crippen LogP contribution in [0.1, 0.15) is 47.5 Å². The molecule has 0 saturated carbocycles. The van der Waals surface area contributed by atoms with Gasteiger partial charge in [-0.25, -0.2) is 0 Å². The van der Waals surface area contributed by atoms with E-state index in [1.165, 1.54) is 0 Å². The van der Waals surface area contributed by atoms with Gasteiger partial charge in [0.25, 0.3) is 5.91 Å². The van der Waals surface area contributed by atoms with Crippen molar-refractivity contribution < 1.29 is 18.7 Å². The third-order valence-electron chi connectivity index (χ3n) is 5.84. The van der Waals surface area contributed by atoms with Crippen molar-refractivity contribution in [3.63, 3.8) is 0 Å². The molecule has 0 spiro atoms. The van der Waals surface area contributed by atoms with Crippen molar-refractivity contribution in [2.75, 3.05) is 40.9 Å². The van der Waals surface area contributed by atoms with Crippen LogP contribution < -0.4 is 14.9 Å². The average molecular weight is 451 g/mol. The van der Waals surface area contributed by atoms with Crippen LogP contribution in [0.2, 0.25) is 0 Å². The predicted octanol–water partition coefficient (Wildman–Crippen LogP) is 4.09. The summed E-state index contributed by atoms with van der Waals surface area (Å²) < 4.78 is 17.3. The quantitative estimate of drug-likeness (QED) is 0.489. The van der Waals surface area contributed by atoms with Crippen molar-refractivity contribution in [2.24, 2.45) is 0 Å². The number of benzene rings is 2. The van der Waals surface area contributed by atoms with Crippen LogP contribution in [0.3, 0.4) is 0 Å². The summed E-state index contributed by atoms with van der Waals surface area (Å²) in [6, 6.07) is 12.1. The Labute approximate surface area is 193 Å². The number of hydrogen-bond donors (Lipinski definition) is 0. The van der Waals surface area contributed by atoms with E-state index in [2.05, 4.69) is 4.90 Å². The Balaban J connectivity index is 1.84. The second-order valence-corrected chi connectivity index (χ2v) is 8.49. The van der Waals surface area contributed by atoms with Gasteiger partial charge in [0.1, 0.15) is 5.58 Å². The fraction of sp³-hybridized carbons (Fsp3) is 0.385. The van der Waals surface area contributed by atoms with Crippen LogP contribution in [-0.4, -0.2) is 56.6 Å². The first kappa shape index (κ1) is 22.9. The third kappa shape index (κ3) is 4.33. The molecule has 1 atom stereocenters. The molecule has 1 aliphatic heterocycles. The van der Waals surface area contributed by atoms with Crippen LogP contribution in [0.5, 0.6) is 11.5 Å². The maximum Gasteiger partial charge on any atom is 0.290 e. The molecule has 1 amide bonds. The minimum absolute atomic E-state index is 0.124. The lowest BCUT2D eigenvalue weighted by molar-refractivity contribution is 0.0722. The van der Waals surface area contributed by atoms with Gasteiger partial charge in [-0.2, -0.15) is 0 Å². The number of hydrogen-bond acceptors (Lipinski definition) is 6. The van der Waals surface area contributed by atoms with Gasteiger partial charge in [0.15, 0.2) is 16.9 Å². The number of fused-ring (bicyclic) bond motifs is 2. The molecule has 2 heterocycles. The lowest BCUT2D eigenvalue weighted by atomic mass is 9.98. The van der Waals surface area contributed by atoms with Gasteiger partial charge < -0.3 is 23.7 Å². The Morgan fingerprint density at radius 3 is 2.61 bits per heavy atom. The molecule has 3 aromatic rings. The molecule has 0 aliphatic carbocycles. The molecule has 0 radical (unpaired) electrons. The van der Waals surface area contributed by atoms with E-state index >= 15 is 0 Å². The van der Waals surface area contributed by atoms with Gasteiger partial charge in [-0.15, -0.1) is 0 Å². The number of carbonyl (C=O) groups excluding carboxylic acids is 1. The van der Waals surface area contributed by atoms with E-state index < -0.39 is 6.04 Å². The van der Waals surface area contributed by atoms with E-state index in [4.69, 9.17) is 13.9 Å². The summed E-state index contributed by atoms with van der Waals surface area (Å²) in [7, 11) is 5.58. The van der Waals surface area contributed by atoms with Gasteiger partial charge in [0.2, 0.25) is 5.76 Å². The van der Waals surface area contributed by atoms with Crippen LogP contribution >= 0.6 is 0 Å². The molecular formula is C26H30N2O5. The largest absolute Gasteiger partial charge is 0.493 e. The molecule has 0 unspecified atom stereocenters. The van der Waals surface area contributed by atoms with Crippen LogP contribution in [0.15, 0.2) is 51.7 Å². The highest BCUT2D eigenvalue weighted by atomic mass is 16.5. The maximum atomic E-state index is 13.5. The summed E-state index contributed by atoms with van der Waals surface area (Å²) in [6.07, 6.45) is 1.65. The molecular weight excluding hydrogens is 420 g/mol. The van der Waals surface area contributed by atoms with Crippen molar-refractivity contribution in [2.45, 2.75) is 25.8 Å². The Morgan fingerprint density at radius 2 is 1.88 bits per heavy atom. The molecule has 7 nitrogen and oxygen atoms in total. The summed E-state index contributed by atoms with van der Waals surface area (Å²) in [6.45, 7) is 3.94. The zero-order chi connectivity index (χ0) is 23.5. The van der Waals surface area contributed by atoms with E-state index in [1.807, 2.05) is 39.2 Å². The van der Waals surface area contributed by atoms with Crippen molar-refractivity contribution >= 4 is 16.9 Å². The number of para-hydroxylation sites is 1. The SMILES string of the molecule is CCCOc1ccc([C@H]2c3c(oc4ccccc4c3=O)C(=O)N2CCCN(C)C)cc1OC. The molecule has 33 heavy (non-hydrogen) atoms. The minimum atomic E-state index is -0.551. The van der Waals surface area contributed by atoms with E-state index in [1.54, 1.807) is 36.3 Å². The lowest BCUT2D eigenvalue weighted by Crippen LogP contribution is -2.32. The second kappa shape index (κ2) is 9.67. The number of nitrogens with zero attached hydrogens (tertiary/aromatic N) is 2. The summed E-state index contributed by atoms with van der Waals surface area (Å²) >= 11 is 0. The molecule has 0 saturated heterocycles. The van der Waals surface area contributed by atoms with Gasteiger partial charge in [-0.1, -0.05) is 25.1 Å². The zero-order valence-electron chi connectivity index (χ0n) is 19.6. The van der Waals surface area contributed by atoms with Crippen molar-refractivity contribution in [3.05, 3.63) is 69.6 Å². The van der Waals surface area contributed by atoms with Gasteiger partial charge in [0.05, 0.1) is 30.7 Å². The Bertz CT molecular complexity index is 1220. The highest BCUT2D eigenvalue weighted by molar-refractivity contribution is 5.99. The molecule has 1 aliphatic rings. The Hall–Kier alpha value is -3.32. The fourth-order valence-electron chi connectivity index (χ4n) is 4.29. The average Bonchev–Trinajstić information content (AvgIpc) is 3.09. The second-order valence-electron chi connectivity index (χ2n) is 8.49. The molecule has 4 rings (SSSR count). The maximum absolute atomic E-state index is 13.5. The molecule has 2 aromatic carbocycles. The summed E-state index contributed by atoms with van der Waals surface area (Å²) in [4.78, 5) is 30.8. The van der Waals surface area contributed by atoms with Crippen molar-refractivity contribution in [3.8, 4) is 11.5 Å². The fourth-order valence-corrected chi connectivity index (χ4v) is 4.29. The van der Waals surface area contributed by atoms with E-state index in [0.29, 0.717) is 41.2 Å². The highest BCUT2D eigenvalue weighted by Gasteiger charge is 2.42. The molecule has 7 heteroatoms. The third-order valence-corrected chi connectivity index (χ3v) is 5.84. The summed E-state index contributed by atoms with van der Waals surface area (Å²) in [5, 5.41) is 0.471.